The monoisotopic (exact) mass is 140 g/mol. The number of esters is 1. The molecule has 54 valence electrons. The van der Waals surface area contributed by atoms with E-state index in [1.54, 1.807) is 0 Å². The molecule has 1 aliphatic carbocycles. The first-order valence-corrected chi connectivity index (χ1v) is 3.42. The molecular formula is C7H8O3. The van der Waals surface area contributed by atoms with Crippen LogP contribution >= 0.6 is 0 Å². The Morgan fingerprint density at radius 1 is 1.70 bits per heavy atom. The number of carbonyl (C=O) groups excluding carboxylic acids is 2. The van der Waals surface area contributed by atoms with E-state index in [1.807, 2.05) is 0 Å². The van der Waals surface area contributed by atoms with Crippen LogP contribution in [0, 0.1) is 11.3 Å². The van der Waals surface area contributed by atoms with Crippen LogP contribution in [0.4, 0.5) is 0 Å². The van der Waals surface area contributed by atoms with Crippen molar-refractivity contribution in [2.45, 2.75) is 12.8 Å². The Kier molecular flexibility index (Phi) is 0.938. The minimum atomic E-state index is -0.359. The first kappa shape index (κ1) is 5.89. The highest BCUT2D eigenvalue weighted by atomic mass is 16.5. The van der Waals surface area contributed by atoms with Crippen molar-refractivity contribution >= 4 is 12.3 Å². The zero-order chi connectivity index (χ0) is 7.19. The van der Waals surface area contributed by atoms with Crippen LogP contribution in [-0.2, 0) is 14.3 Å². The summed E-state index contributed by atoms with van der Waals surface area (Å²) in [4.78, 5) is 21.2. The molecule has 1 aliphatic heterocycles. The average molecular weight is 140 g/mol. The fourth-order valence-electron chi connectivity index (χ4n) is 1.61. The number of hydrogen-bond donors (Lipinski definition) is 0. The van der Waals surface area contributed by atoms with Gasteiger partial charge in [0.2, 0.25) is 0 Å². The SMILES string of the molecule is O=CC1CC12CCOC2=O. The first-order chi connectivity index (χ1) is 4.79. The molecule has 0 N–H and O–H groups in total. The molecule has 1 spiro atoms. The molecule has 2 fully saturated rings. The fourth-order valence-corrected chi connectivity index (χ4v) is 1.61. The van der Waals surface area contributed by atoms with Gasteiger partial charge in [0.1, 0.15) is 6.29 Å². The van der Waals surface area contributed by atoms with E-state index in [1.165, 1.54) is 0 Å². The second kappa shape index (κ2) is 1.59. The molecule has 3 nitrogen and oxygen atoms in total. The van der Waals surface area contributed by atoms with Crippen molar-refractivity contribution in [1.82, 2.24) is 0 Å². The van der Waals surface area contributed by atoms with E-state index < -0.39 is 0 Å². The van der Waals surface area contributed by atoms with E-state index >= 15 is 0 Å². The van der Waals surface area contributed by atoms with E-state index in [4.69, 9.17) is 4.74 Å². The summed E-state index contributed by atoms with van der Waals surface area (Å²) in [6.07, 6.45) is 2.33. The lowest BCUT2D eigenvalue weighted by Crippen LogP contribution is -2.11. The van der Waals surface area contributed by atoms with Crippen LogP contribution < -0.4 is 0 Å². The van der Waals surface area contributed by atoms with Gasteiger partial charge < -0.3 is 9.53 Å². The van der Waals surface area contributed by atoms with Gasteiger partial charge in [0.15, 0.2) is 0 Å². The van der Waals surface area contributed by atoms with Gasteiger partial charge in [-0.3, -0.25) is 4.79 Å². The Bertz CT molecular complexity index is 199. The maximum Gasteiger partial charge on any atom is 0.312 e. The van der Waals surface area contributed by atoms with E-state index in [-0.39, 0.29) is 17.3 Å². The van der Waals surface area contributed by atoms with Crippen LogP contribution in [0.25, 0.3) is 0 Å². The van der Waals surface area contributed by atoms with Gasteiger partial charge in [-0.25, -0.2) is 0 Å². The summed E-state index contributed by atoms with van der Waals surface area (Å²) in [5, 5.41) is 0. The topological polar surface area (TPSA) is 43.4 Å². The molecule has 0 aromatic rings. The number of carbonyl (C=O) groups is 2. The molecule has 0 aromatic carbocycles. The largest absolute Gasteiger partial charge is 0.465 e. The Balaban J connectivity index is 2.18. The third-order valence-corrected chi connectivity index (χ3v) is 2.49. The van der Waals surface area contributed by atoms with Crippen LogP contribution in [0.1, 0.15) is 12.8 Å². The van der Waals surface area contributed by atoms with Crippen LogP contribution in [0.2, 0.25) is 0 Å². The van der Waals surface area contributed by atoms with Gasteiger partial charge in [0.05, 0.1) is 12.0 Å². The maximum atomic E-state index is 10.9. The molecule has 3 heteroatoms. The lowest BCUT2D eigenvalue weighted by Gasteiger charge is -1.96. The van der Waals surface area contributed by atoms with Gasteiger partial charge in [-0.15, -0.1) is 0 Å². The number of ether oxygens (including phenoxy) is 1. The van der Waals surface area contributed by atoms with E-state index in [9.17, 15) is 9.59 Å². The summed E-state index contributed by atoms with van der Waals surface area (Å²) in [6.45, 7) is 0.503. The molecule has 1 heterocycles. The highest BCUT2D eigenvalue weighted by molar-refractivity contribution is 5.87. The molecule has 0 radical (unpaired) electrons. The lowest BCUT2D eigenvalue weighted by atomic mass is 10.0. The molecule has 10 heavy (non-hydrogen) atoms. The molecule has 0 amide bonds. The van der Waals surface area contributed by atoms with Gasteiger partial charge >= 0.3 is 5.97 Å². The van der Waals surface area contributed by atoms with Gasteiger partial charge in [-0.1, -0.05) is 0 Å². The molecule has 1 saturated heterocycles. The van der Waals surface area contributed by atoms with Crippen LogP contribution in [0.5, 0.6) is 0 Å². The van der Waals surface area contributed by atoms with Crippen molar-refractivity contribution in [1.29, 1.82) is 0 Å². The second-order valence-corrected chi connectivity index (χ2v) is 2.99. The van der Waals surface area contributed by atoms with Crippen LogP contribution in [0.3, 0.4) is 0 Å². The minimum Gasteiger partial charge on any atom is -0.465 e. The van der Waals surface area contributed by atoms with Crippen molar-refractivity contribution in [3.8, 4) is 0 Å². The number of hydrogen-bond acceptors (Lipinski definition) is 3. The normalized spacial score (nSPS) is 43.6. The highest BCUT2D eigenvalue weighted by Gasteiger charge is 2.63. The Morgan fingerprint density at radius 3 is 2.90 bits per heavy atom. The summed E-state index contributed by atoms with van der Waals surface area (Å²) in [5.41, 5.74) is -0.359. The predicted octanol–water partition coefficient (Wildman–Crippen LogP) is 0.139. The van der Waals surface area contributed by atoms with Crippen molar-refractivity contribution in [2.24, 2.45) is 11.3 Å². The molecule has 0 bridgehead atoms. The molecule has 0 aromatic heterocycles. The third-order valence-electron chi connectivity index (χ3n) is 2.49. The summed E-state index contributed by atoms with van der Waals surface area (Å²) < 4.78 is 4.76. The van der Waals surface area contributed by atoms with Crippen molar-refractivity contribution < 1.29 is 14.3 Å². The maximum absolute atomic E-state index is 10.9. The van der Waals surface area contributed by atoms with Crippen LogP contribution in [-0.4, -0.2) is 18.9 Å². The quantitative estimate of drug-likeness (QED) is 0.384. The van der Waals surface area contributed by atoms with E-state index in [0.29, 0.717) is 6.61 Å². The summed E-state index contributed by atoms with van der Waals surface area (Å²) in [7, 11) is 0. The number of rotatable bonds is 1. The zero-order valence-electron chi connectivity index (χ0n) is 5.50. The molecule has 2 rings (SSSR count). The summed E-state index contributed by atoms with van der Waals surface area (Å²) >= 11 is 0. The lowest BCUT2D eigenvalue weighted by molar-refractivity contribution is -0.143. The van der Waals surface area contributed by atoms with Crippen molar-refractivity contribution in [3.05, 3.63) is 0 Å². The first-order valence-electron chi connectivity index (χ1n) is 3.42. The van der Waals surface area contributed by atoms with Gasteiger partial charge in [0.25, 0.3) is 0 Å². The summed E-state index contributed by atoms with van der Waals surface area (Å²) in [6, 6.07) is 0. The minimum absolute atomic E-state index is 0.0394. The van der Waals surface area contributed by atoms with Gasteiger partial charge in [-0.2, -0.15) is 0 Å². The molecule has 2 unspecified atom stereocenters. The standard InChI is InChI=1S/C7H8O3/c8-4-5-3-7(5)1-2-10-6(7)9/h4-5H,1-3H2. The molecular weight excluding hydrogens is 132 g/mol. The Morgan fingerprint density at radius 2 is 2.50 bits per heavy atom. The van der Waals surface area contributed by atoms with Gasteiger partial charge in [0, 0.05) is 5.92 Å². The molecule has 2 atom stereocenters. The smallest absolute Gasteiger partial charge is 0.312 e. The fraction of sp³-hybridized carbons (Fsp3) is 0.714. The molecule has 1 saturated carbocycles. The predicted molar refractivity (Wildman–Crippen MR) is 32.2 cm³/mol. The number of cyclic esters (lactones) is 1. The van der Waals surface area contributed by atoms with Crippen molar-refractivity contribution in [2.75, 3.05) is 6.61 Å². The Hall–Kier alpha value is -0.860. The average Bonchev–Trinajstić information content (AvgIpc) is 2.52. The van der Waals surface area contributed by atoms with Crippen molar-refractivity contribution in [3.63, 3.8) is 0 Å². The van der Waals surface area contributed by atoms with E-state index in [0.717, 1.165) is 19.1 Å². The zero-order valence-corrected chi connectivity index (χ0v) is 5.50. The third kappa shape index (κ3) is 0.503. The second-order valence-electron chi connectivity index (χ2n) is 2.99. The van der Waals surface area contributed by atoms with Crippen LogP contribution in [0.15, 0.2) is 0 Å². The molecule has 2 aliphatic rings. The van der Waals surface area contributed by atoms with E-state index in [2.05, 4.69) is 0 Å². The summed E-state index contributed by atoms with van der Waals surface area (Å²) in [5.74, 6) is -0.202. The van der Waals surface area contributed by atoms with Gasteiger partial charge in [-0.05, 0) is 12.8 Å². The Labute approximate surface area is 58.4 Å². The number of aldehydes is 1. The highest BCUT2D eigenvalue weighted by Crippen LogP contribution is 2.57.